The summed E-state index contributed by atoms with van der Waals surface area (Å²) in [5.74, 6) is 0.401. The highest BCUT2D eigenvalue weighted by molar-refractivity contribution is 5.43. The Labute approximate surface area is 101 Å². The zero-order chi connectivity index (χ0) is 12.4. The first-order valence-electron chi connectivity index (χ1n) is 5.92. The standard InChI is InChI=1S/C13H18FNO2/c1-4-5-11-13(15-16-3)9-6-8(2)10(14)7-12(9)17-11/h6-7,11,13,15H,4-5H2,1-3H3. The minimum Gasteiger partial charge on any atom is -0.488 e. The largest absolute Gasteiger partial charge is 0.488 e. The van der Waals surface area contributed by atoms with Gasteiger partial charge in [0, 0.05) is 11.6 Å². The first-order valence-corrected chi connectivity index (χ1v) is 5.92. The van der Waals surface area contributed by atoms with Crippen molar-refractivity contribution in [1.82, 2.24) is 5.48 Å². The van der Waals surface area contributed by atoms with Gasteiger partial charge < -0.3 is 9.57 Å². The molecule has 0 spiro atoms. The van der Waals surface area contributed by atoms with E-state index in [4.69, 9.17) is 9.57 Å². The lowest BCUT2D eigenvalue weighted by Crippen LogP contribution is -2.30. The highest BCUT2D eigenvalue weighted by Gasteiger charge is 2.34. The third kappa shape index (κ3) is 2.28. The van der Waals surface area contributed by atoms with E-state index < -0.39 is 0 Å². The fourth-order valence-electron chi connectivity index (χ4n) is 2.24. The maximum Gasteiger partial charge on any atom is 0.129 e. The molecule has 0 saturated carbocycles. The van der Waals surface area contributed by atoms with E-state index >= 15 is 0 Å². The molecule has 1 aliphatic heterocycles. The molecule has 2 unspecified atom stereocenters. The molecule has 0 amide bonds. The molecule has 1 aromatic carbocycles. The smallest absolute Gasteiger partial charge is 0.129 e. The van der Waals surface area contributed by atoms with Crippen molar-refractivity contribution in [3.63, 3.8) is 0 Å². The average molecular weight is 239 g/mol. The van der Waals surface area contributed by atoms with Crippen LogP contribution >= 0.6 is 0 Å². The molecular weight excluding hydrogens is 221 g/mol. The number of ether oxygens (including phenoxy) is 1. The number of nitrogens with one attached hydrogen (secondary N) is 1. The quantitative estimate of drug-likeness (QED) is 0.819. The van der Waals surface area contributed by atoms with Gasteiger partial charge in [-0.05, 0) is 25.0 Å². The van der Waals surface area contributed by atoms with E-state index in [9.17, 15) is 4.39 Å². The van der Waals surface area contributed by atoms with E-state index in [0.29, 0.717) is 11.3 Å². The second-order valence-electron chi connectivity index (χ2n) is 4.38. The van der Waals surface area contributed by atoms with Gasteiger partial charge in [-0.25, -0.2) is 4.39 Å². The van der Waals surface area contributed by atoms with Gasteiger partial charge in [0.15, 0.2) is 0 Å². The maximum atomic E-state index is 13.5. The topological polar surface area (TPSA) is 30.5 Å². The highest BCUT2D eigenvalue weighted by Crippen LogP contribution is 2.39. The van der Waals surface area contributed by atoms with E-state index in [0.717, 1.165) is 18.4 Å². The zero-order valence-corrected chi connectivity index (χ0v) is 10.4. The number of hydroxylamine groups is 1. The molecular formula is C13H18FNO2. The van der Waals surface area contributed by atoms with Crippen LogP contribution in [0.5, 0.6) is 5.75 Å². The Morgan fingerprint density at radius 2 is 2.24 bits per heavy atom. The number of hydrogen-bond donors (Lipinski definition) is 1. The molecule has 1 aliphatic rings. The molecule has 3 nitrogen and oxygen atoms in total. The van der Waals surface area contributed by atoms with Crippen LogP contribution in [0.15, 0.2) is 12.1 Å². The molecule has 2 atom stereocenters. The zero-order valence-electron chi connectivity index (χ0n) is 10.4. The van der Waals surface area contributed by atoms with Crippen molar-refractivity contribution in [1.29, 1.82) is 0 Å². The normalized spacial score (nSPS) is 22.4. The average Bonchev–Trinajstić information content (AvgIpc) is 2.59. The molecule has 0 aromatic heterocycles. The van der Waals surface area contributed by atoms with Gasteiger partial charge in [0.2, 0.25) is 0 Å². The predicted octanol–water partition coefficient (Wildman–Crippen LogP) is 2.89. The molecule has 2 rings (SSSR count). The molecule has 0 radical (unpaired) electrons. The highest BCUT2D eigenvalue weighted by atomic mass is 19.1. The summed E-state index contributed by atoms with van der Waals surface area (Å²) >= 11 is 0. The summed E-state index contributed by atoms with van der Waals surface area (Å²) in [6.07, 6.45) is 1.94. The summed E-state index contributed by atoms with van der Waals surface area (Å²) in [4.78, 5) is 5.01. The van der Waals surface area contributed by atoms with Crippen molar-refractivity contribution in [2.45, 2.75) is 38.8 Å². The lowest BCUT2D eigenvalue weighted by Gasteiger charge is -2.18. The Kier molecular flexibility index (Phi) is 3.64. The molecule has 1 aromatic rings. The monoisotopic (exact) mass is 239 g/mol. The molecule has 1 heterocycles. The second kappa shape index (κ2) is 5.02. The molecule has 0 bridgehead atoms. The van der Waals surface area contributed by atoms with Gasteiger partial charge in [-0.2, -0.15) is 5.48 Å². The van der Waals surface area contributed by atoms with Crippen molar-refractivity contribution in [2.75, 3.05) is 7.11 Å². The summed E-state index contributed by atoms with van der Waals surface area (Å²) in [5.41, 5.74) is 4.54. The van der Waals surface area contributed by atoms with Crippen LogP contribution in [0.2, 0.25) is 0 Å². The maximum absolute atomic E-state index is 13.5. The van der Waals surface area contributed by atoms with Gasteiger partial charge in [-0.15, -0.1) is 0 Å². The van der Waals surface area contributed by atoms with Crippen LogP contribution in [0.1, 0.15) is 36.9 Å². The van der Waals surface area contributed by atoms with Gasteiger partial charge >= 0.3 is 0 Å². The van der Waals surface area contributed by atoms with Crippen molar-refractivity contribution in [2.24, 2.45) is 0 Å². The fourth-order valence-corrected chi connectivity index (χ4v) is 2.24. The van der Waals surface area contributed by atoms with Crippen molar-refractivity contribution < 1.29 is 14.0 Å². The van der Waals surface area contributed by atoms with E-state index in [1.807, 2.05) is 6.07 Å². The van der Waals surface area contributed by atoms with Crippen LogP contribution in [0.25, 0.3) is 0 Å². The van der Waals surface area contributed by atoms with Crippen LogP contribution in [-0.4, -0.2) is 13.2 Å². The van der Waals surface area contributed by atoms with Crippen LogP contribution in [0.3, 0.4) is 0 Å². The number of benzene rings is 1. The summed E-state index contributed by atoms with van der Waals surface area (Å²) in [6, 6.07) is 3.27. The Hall–Kier alpha value is -1.13. The summed E-state index contributed by atoms with van der Waals surface area (Å²) in [6.45, 7) is 3.86. The number of halogens is 1. The first kappa shape index (κ1) is 12.3. The lowest BCUT2D eigenvalue weighted by molar-refractivity contribution is 0.0269. The lowest BCUT2D eigenvalue weighted by atomic mass is 10.00. The van der Waals surface area contributed by atoms with Crippen molar-refractivity contribution >= 4 is 0 Å². The van der Waals surface area contributed by atoms with Gasteiger partial charge in [0.1, 0.15) is 17.7 Å². The number of aryl methyl sites for hydroxylation is 1. The van der Waals surface area contributed by atoms with E-state index in [2.05, 4.69) is 12.4 Å². The van der Waals surface area contributed by atoms with Gasteiger partial charge in [-0.3, -0.25) is 0 Å². The molecule has 4 heteroatoms. The van der Waals surface area contributed by atoms with Gasteiger partial charge in [0.25, 0.3) is 0 Å². The fraction of sp³-hybridized carbons (Fsp3) is 0.538. The van der Waals surface area contributed by atoms with E-state index in [1.165, 1.54) is 6.07 Å². The molecule has 1 N–H and O–H groups in total. The Bertz CT molecular complexity index is 409. The predicted molar refractivity (Wildman–Crippen MR) is 63.3 cm³/mol. The van der Waals surface area contributed by atoms with Crippen LogP contribution in [0.4, 0.5) is 4.39 Å². The van der Waals surface area contributed by atoms with Crippen LogP contribution in [-0.2, 0) is 4.84 Å². The molecule has 94 valence electrons. The summed E-state index contributed by atoms with van der Waals surface area (Å²) in [7, 11) is 1.58. The third-order valence-corrected chi connectivity index (χ3v) is 3.09. The Balaban J connectivity index is 2.32. The van der Waals surface area contributed by atoms with Crippen LogP contribution in [0, 0.1) is 12.7 Å². The number of fused-ring (bicyclic) bond motifs is 1. The van der Waals surface area contributed by atoms with Gasteiger partial charge in [-0.1, -0.05) is 13.3 Å². The minimum atomic E-state index is -0.225. The molecule has 0 fully saturated rings. The Morgan fingerprint density at radius 1 is 1.47 bits per heavy atom. The van der Waals surface area contributed by atoms with Crippen LogP contribution < -0.4 is 10.2 Å². The second-order valence-corrected chi connectivity index (χ2v) is 4.38. The minimum absolute atomic E-state index is 0.0103. The summed E-state index contributed by atoms with van der Waals surface area (Å²) in [5, 5.41) is 0. The summed E-state index contributed by atoms with van der Waals surface area (Å²) < 4.78 is 19.2. The van der Waals surface area contributed by atoms with E-state index in [-0.39, 0.29) is 18.0 Å². The van der Waals surface area contributed by atoms with Crippen molar-refractivity contribution in [3.8, 4) is 5.75 Å². The third-order valence-electron chi connectivity index (χ3n) is 3.09. The SMILES string of the molecule is CCCC1Oc2cc(F)c(C)cc2C1NOC. The first-order chi connectivity index (χ1) is 8.17. The molecule has 0 saturated heterocycles. The molecule has 0 aliphatic carbocycles. The van der Waals surface area contributed by atoms with E-state index in [1.54, 1.807) is 14.0 Å². The Morgan fingerprint density at radius 3 is 2.88 bits per heavy atom. The number of rotatable bonds is 4. The van der Waals surface area contributed by atoms with Crippen molar-refractivity contribution in [3.05, 3.63) is 29.1 Å². The number of hydrogen-bond acceptors (Lipinski definition) is 3. The van der Waals surface area contributed by atoms with Gasteiger partial charge in [0.05, 0.1) is 13.2 Å². The molecule has 17 heavy (non-hydrogen) atoms.